The SMILES string of the molecule is Clc1ccc(Cl)c(CNc2cnn(CC3CCCO3)c2)c1. The maximum Gasteiger partial charge on any atom is 0.0771 e. The largest absolute Gasteiger partial charge is 0.378 e. The van der Waals surface area contributed by atoms with E-state index in [0.29, 0.717) is 22.7 Å². The zero-order valence-corrected chi connectivity index (χ0v) is 13.1. The predicted octanol–water partition coefficient (Wildman–Crippen LogP) is 3.98. The Bertz CT molecular complexity index is 609. The van der Waals surface area contributed by atoms with Crippen molar-refractivity contribution in [1.29, 1.82) is 0 Å². The summed E-state index contributed by atoms with van der Waals surface area (Å²) in [6.45, 7) is 2.29. The van der Waals surface area contributed by atoms with E-state index in [1.54, 1.807) is 6.07 Å². The quantitative estimate of drug-likeness (QED) is 0.903. The molecular weight excluding hydrogens is 309 g/mol. The third-order valence-corrected chi connectivity index (χ3v) is 4.14. The van der Waals surface area contributed by atoms with Gasteiger partial charge in [0.15, 0.2) is 0 Å². The number of benzene rings is 1. The van der Waals surface area contributed by atoms with Gasteiger partial charge >= 0.3 is 0 Å². The lowest BCUT2D eigenvalue weighted by molar-refractivity contribution is 0.0940. The lowest BCUT2D eigenvalue weighted by Gasteiger charge is -2.09. The number of anilines is 1. The second kappa shape index (κ2) is 6.69. The molecule has 1 aromatic heterocycles. The average Bonchev–Trinajstić information content (AvgIpc) is 3.12. The van der Waals surface area contributed by atoms with Gasteiger partial charge in [0.1, 0.15) is 0 Å². The first-order valence-corrected chi connectivity index (χ1v) is 7.78. The van der Waals surface area contributed by atoms with Crippen LogP contribution in [0, 0.1) is 0 Å². The van der Waals surface area contributed by atoms with Crippen molar-refractivity contribution in [1.82, 2.24) is 9.78 Å². The summed E-state index contributed by atoms with van der Waals surface area (Å²) in [7, 11) is 0. The topological polar surface area (TPSA) is 39.1 Å². The summed E-state index contributed by atoms with van der Waals surface area (Å²) in [6.07, 6.45) is 6.35. The molecule has 0 spiro atoms. The van der Waals surface area contributed by atoms with Gasteiger partial charge < -0.3 is 10.1 Å². The third-order valence-electron chi connectivity index (χ3n) is 3.54. The van der Waals surface area contributed by atoms with Gasteiger partial charge in [-0.2, -0.15) is 5.10 Å². The molecule has 6 heteroatoms. The second-order valence-electron chi connectivity index (χ2n) is 5.18. The van der Waals surface area contributed by atoms with Crippen LogP contribution in [-0.4, -0.2) is 22.5 Å². The highest BCUT2D eigenvalue weighted by molar-refractivity contribution is 6.33. The Kier molecular flexibility index (Phi) is 4.68. The van der Waals surface area contributed by atoms with Crippen LogP contribution in [-0.2, 0) is 17.8 Å². The average molecular weight is 326 g/mol. The fraction of sp³-hybridized carbons (Fsp3) is 0.400. The molecule has 4 nitrogen and oxygen atoms in total. The summed E-state index contributed by atoms with van der Waals surface area (Å²) in [6, 6.07) is 5.46. The van der Waals surface area contributed by atoms with Gasteiger partial charge in [0, 0.05) is 29.4 Å². The van der Waals surface area contributed by atoms with E-state index in [-0.39, 0.29) is 0 Å². The maximum absolute atomic E-state index is 6.15. The van der Waals surface area contributed by atoms with Gasteiger partial charge in [-0.15, -0.1) is 0 Å². The van der Waals surface area contributed by atoms with E-state index in [4.69, 9.17) is 27.9 Å². The van der Waals surface area contributed by atoms with Crippen molar-refractivity contribution in [2.75, 3.05) is 11.9 Å². The Morgan fingerprint density at radius 3 is 3.10 bits per heavy atom. The standard InChI is InChI=1S/C15H17Cl2N3O/c16-12-3-4-15(17)11(6-12)7-18-13-8-19-20(9-13)10-14-2-1-5-21-14/h3-4,6,8-9,14,18H,1-2,5,7,10H2. The number of halogens is 2. The minimum atomic E-state index is 0.292. The first kappa shape index (κ1) is 14.7. The van der Waals surface area contributed by atoms with E-state index in [2.05, 4.69) is 10.4 Å². The normalized spacial score (nSPS) is 18.1. The zero-order chi connectivity index (χ0) is 14.7. The van der Waals surface area contributed by atoms with Crippen LogP contribution in [0.15, 0.2) is 30.6 Å². The Labute approximate surface area is 134 Å². The minimum absolute atomic E-state index is 0.292. The van der Waals surface area contributed by atoms with Crippen molar-refractivity contribution in [3.8, 4) is 0 Å². The molecule has 21 heavy (non-hydrogen) atoms. The van der Waals surface area contributed by atoms with Gasteiger partial charge in [-0.25, -0.2) is 0 Å². The van der Waals surface area contributed by atoms with Crippen LogP contribution >= 0.6 is 23.2 Å². The number of aromatic nitrogens is 2. The Balaban J connectivity index is 1.58. The highest BCUT2D eigenvalue weighted by Crippen LogP contribution is 2.22. The van der Waals surface area contributed by atoms with Gasteiger partial charge in [-0.05, 0) is 36.6 Å². The third kappa shape index (κ3) is 3.90. The van der Waals surface area contributed by atoms with Crippen molar-refractivity contribution < 1.29 is 4.74 Å². The van der Waals surface area contributed by atoms with Crippen LogP contribution in [0.25, 0.3) is 0 Å². The first-order valence-electron chi connectivity index (χ1n) is 7.02. The van der Waals surface area contributed by atoms with Crippen LogP contribution in [0.5, 0.6) is 0 Å². The molecule has 1 saturated heterocycles. The Morgan fingerprint density at radius 1 is 1.38 bits per heavy atom. The van der Waals surface area contributed by atoms with Crippen molar-refractivity contribution in [2.45, 2.75) is 32.0 Å². The van der Waals surface area contributed by atoms with Crippen molar-refractivity contribution >= 4 is 28.9 Å². The molecule has 2 heterocycles. The van der Waals surface area contributed by atoms with E-state index >= 15 is 0 Å². The number of hydrogen-bond donors (Lipinski definition) is 1. The molecule has 1 N–H and O–H groups in total. The molecule has 0 amide bonds. The molecular formula is C15H17Cl2N3O. The van der Waals surface area contributed by atoms with Crippen molar-refractivity contribution in [3.63, 3.8) is 0 Å². The van der Waals surface area contributed by atoms with E-state index in [1.807, 2.05) is 29.2 Å². The molecule has 1 aromatic carbocycles. The van der Waals surface area contributed by atoms with Crippen molar-refractivity contribution in [3.05, 3.63) is 46.2 Å². The lowest BCUT2D eigenvalue weighted by Crippen LogP contribution is -2.15. The smallest absolute Gasteiger partial charge is 0.0771 e. The summed E-state index contributed by atoms with van der Waals surface area (Å²) in [5.74, 6) is 0. The van der Waals surface area contributed by atoms with E-state index in [1.165, 1.54) is 0 Å². The van der Waals surface area contributed by atoms with E-state index in [9.17, 15) is 0 Å². The van der Waals surface area contributed by atoms with Crippen LogP contribution in [0.2, 0.25) is 10.0 Å². The van der Waals surface area contributed by atoms with E-state index < -0.39 is 0 Å². The van der Waals surface area contributed by atoms with Gasteiger partial charge in [0.25, 0.3) is 0 Å². The Hall–Kier alpha value is -1.23. The second-order valence-corrected chi connectivity index (χ2v) is 6.02. The number of nitrogens with zero attached hydrogens (tertiary/aromatic N) is 2. The summed E-state index contributed by atoms with van der Waals surface area (Å²) < 4.78 is 7.53. The lowest BCUT2D eigenvalue weighted by atomic mass is 10.2. The molecule has 0 saturated carbocycles. The summed E-state index contributed by atoms with van der Waals surface area (Å²) in [5, 5.41) is 9.05. The van der Waals surface area contributed by atoms with Crippen LogP contribution in [0.3, 0.4) is 0 Å². The Morgan fingerprint density at radius 2 is 2.29 bits per heavy atom. The molecule has 0 radical (unpaired) electrons. The molecule has 3 rings (SSSR count). The summed E-state index contributed by atoms with van der Waals surface area (Å²) in [5.41, 5.74) is 1.93. The molecule has 1 fully saturated rings. The molecule has 1 atom stereocenters. The fourth-order valence-corrected chi connectivity index (χ4v) is 2.81. The first-order chi connectivity index (χ1) is 10.2. The van der Waals surface area contributed by atoms with Crippen LogP contribution in [0.1, 0.15) is 18.4 Å². The number of rotatable bonds is 5. The van der Waals surface area contributed by atoms with E-state index in [0.717, 1.165) is 37.2 Å². The molecule has 1 unspecified atom stereocenters. The molecule has 0 bridgehead atoms. The monoisotopic (exact) mass is 325 g/mol. The van der Waals surface area contributed by atoms with Crippen LogP contribution in [0.4, 0.5) is 5.69 Å². The van der Waals surface area contributed by atoms with Gasteiger partial charge in [-0.1, -0.05) is 23.2 Å². The van der Waals surface area contributed by atoms with Crippen LogP contribution < -0.4 is 5.32 Å². The highest BCUT2D eigenvalue weighted by Gasteiger charge is 2.16. The van der Waals surface area contributed by atoms with Gasteiger partial charge in [-0.3, -0.25) is 4.68 Å². The molecule has 0 aliphatic carbocycles. The molecule has 1 aliphatic heterocycles. The maximum atomic E-state index is 6.15. The zero-order valence-electron chi connectivity index (χ0n) is 11.6. The molecule has 2 aromatic rings. The molecule has 112 valence electrons. The predicted molar refractivity (Wildman–Crippen MR) is 85.0 cm³/mol. The number of nitrogens with one attached hydrogen (secondary N) is 1. The van der Waals surface area contributed by atoms with Gasteiger partial charge in [0.2, 0.25) is 0 Å². The highest BCUT2D eigenvalue weighted by atomic mass is 35.5. The minimum Gasteiger partial charge on any atom is -0.378 e. The fourth-order valence-electron chi connectivity index (χ4n) is 2.43. The number of ether oxygens (including phenoxy) is 1. The number of hydrogen-bond acceptors (Lipinski definition) is 3. The van der Waals surface area contributed by atoms with Crippen molar-refractivity contribution in [2.24, 2.45) is 0 Å². The molecule has 1 aliphatic rings. The van der Waals surface area contributed by atoms with Gasteiger partial charge in [0.05, 0.1) is 24.5 Å². The summed E-state index contributed by atoms with van der Waals surface area (Å²) in [4.78, 5) is 0. The summed E-state index contributed by atoms with van der Waals surface area (Å²) >= 11 is 12.1.